The molecule has 0 N–H and O–H groups in total. The number of para-hydroxylation sites is 2. The molecule has 2 aromatic carbocycles. The van der Waals surface area contributed by atoms with Gasteiger partial charge in [-0.05, 0) is 61.4 Å². The number of benzene rings is 2. The molecule has 152 valence electrons. The third kappa shape index (κ3) is 4.19. The second-order valence-electron chi connectivity index (χ2n) is 8.31. The normalized spacial score (nSPS) is 20.6. The molecule has 5 heteroatoms. The van der Waals surface area contributed by atoms with Crippen LogP contribution < -0.4 is 14.2 Å². The van der Waals surface area contributed by atoms with Crippen molar-refractivity contribution in [3.8, 4) is 17.2 Å². The molecule has 0 radical (unpaired) electrons. The third-order valence-corrected chi connectivity index (χ3v) is 6.04. The minimum atomic E-state index is -0.587. The van der Waals surface area contributed by atoms with Crippen LogP contribution >= 0.6 is 0 Å². The highest BCUT2D eigenvalue weighted by atomic mass is 16.6. The average molecular weight is 393 g/mol. The lowest BCUT2D eigenvalue weighted by atomic mass is 9.86. The molecule has 2 aromatic rings. The number of carbonyl (C=O) groups is 1. The van der Waals surface area contributed by atoms with Crippen molar-refractivity contribution < 1.29 is 19.0 Å². The molecule has 0 aromatic heterocycles. The van der Waals surface area contributed by atoms with Gasteiger partial charge in [-0.25, -0.2) is 0 Å². The Labute approximate surface area is 171 Å². The molecule has 1 aliphatic heterocycles. The van der Waals surface area contributed by atoms with E-state index in [0.717, 1.165) is 36.7 Å². The smallest absolute Gasteiger partial charge is 0.267 e. The Morgan fingerprint density at radius 3 is 2.45 bits per heavy atom. The molecular formula is C24H27NO4. The van der Waals surface area contributed by atoms with Crippen molar-refractivity contribution in [3.63, 3.8) is 0 Å². The number of nitrogens with zero attached hydrogens (tertiary/aromatic N) is 1. The van der Waals surface area contributed by atoms with Crippen LogP contribution in [0.4, 0.5) is 0 Å². The largest absolute Gasteiger partial charge is 0.493 e. The molecule has 1 heterocycles. The molecule has 0 spiro atoms. The number of hydrogen-bond acceptors (Lipinski definition) is 4. The fourth-order valence-corrected chi connectivity index (χ4v) is 3.86. The molecule has 5 nitrogen and oxygen atoms in total. The zero-order valence-electron chi connectivity index (χ0n) is 16.6. The van der Waals surface area contributed by atoms with Crippen LogP contribution in [0.5, 0.6) is 17.2 Å². The van der Waals surface area contributed by atoms with Gasteiger partial charge < -0.3 is 19.1 Å². The quantitative estimate of drug-likeness (QED) is 0.708. The maximum Gasteiger partial charge on any atom is 0.267 e. The summed E-state index contributed by atoms with van der Waals surface area (Å²) in [5.74, 6) is 2.98. The van der Waals surface area contributed by atoms with Gasteiger partial charge in [0.15, 0.2) is 11.5 Å². The van der Waals surface area contributed by atoms with E-state index in [1.54, 1.807) is 0 Å². The topological polar surface area (TPSA) is 48.0 Å². The first-order valence-electron chi connectivity index (χ1n) is 10.7. The summed E-state index contributed by atoms with van der Waals surface area (Å²) in [6.45, 7) is 1.66. The van der Waals surface area contributed by atoms with Crippen LogP contribution in [-0.2, 0) is 11.3 Å². The molecule has 5 rings (SSSR count). The first kappa shape index (κ1) is 18.3. The van der Waals surface area contributed by atoms with Crippen molar-refractivity contribution in [2.75, 3.05) is 13.2 Å². The predicted octanol–water partition coefficient (Wildman–Crippen LogP) is 4.20. The van der Waals surface area contributed by atoms with E-state index in [1.807, 2.05) is 41.3 Å². The van der Waals surface area contributed by atoms with Gasteiger partial charge in [-0.1, -0.05) is 30.7 Å². The summed E-state index contributed by atoms with van der Waals surface area (Å²) in [5.41, 5.74) is 1.11. The Balaban J connectivity index is 1.22. The number of fused-ring (bicyclic) bond motifs is 1. The lowest BCUT2D eigenvalue weighted by Crippen LogP contribution is -2.47. The molecule has 2 aliphatic carbocycles. The molecule has 1 amide bonds. The fraction of sp³-hybridized carbons (Fsp3) is 0.458. The first-order valence-corrected chi connectivity index (χ1v) is 10.7. The van der Waals surface area contributed by atoms with E-state index in [0.29, 0.717) is 24.1 Å². The Hall–Kier alpha value is -2.69. The minimum absolute atomic E-state index is 0.00677. The summed E-state index contributed by atoms with van der Waals surface area (Å²) in [6.07, 6.45) is 5.42. The van der Waals surface area contributed by atoms with E-state index < -0.39 is 6.10 Å². The van der Waals surface area contributed by atoms with Crippen LogP contribution in [0, 0.1) is 5.92 Å². The van der Waals surface area contributed by atoms with E-state index in [2.05, 4.69) is 12.1 Å². The standard InChI is InChI=1S/C24H27NO4/c26-24(23-16-28-21-6-1-2-7-22(21)29-23)25(19-10-11-19)14-17-8-12-20(13-9-17)27-15-18-4-3-5-18/h1-2,6-9,12-13,18-19,23H,3-5,10-11,14-16H2. The molecule has 2 saturated carbocycles. The van der Waals surface area contributed by atoms with Crippen LogP contribution in [-0.4, -0.2) is 36.2 Å². The van der Waals surface area contributed by atoms with E-state index in [-0.39, 0.29) is 12.5 Å². The first-order chi connectivity index (χ1) is 14.3. The summed E-state index contributed by atoms with van der Waals surface area (Å²) < 4.78 is 17.6. The van der Waals surface area contributed by atoms with Gasteiger partial charge in [0.05, 0.1) is 6.61 Å². The van der Waals surface area contributed by atoms with E-state index in [4.69, 9.17) is 14.2 Å². The lowest BCUT2D eigenvalue weighted by Gasteiger charge is -2.31. The zero-order valence-corrected chi connectivity index (χ0v) is 16.6. The monoisotopic (exact) mass is 393 g/mol. The molecule has 0 saturated heterocycles. The van der Waals surface area contributed by atoms with Gasteiger partial charge in [0.2, 0.25) is 6.10 Å². The highest BCUT2D eigenvalue weighted by Crippen LogP contribution is 2.34. The number of ether oxygens (including phenoxy) is 3. The van der Waals surface area contributed by atoms with Crippen LogP contribution in [0.25, 0.3) is 0 Å². The zero-order chi connectivity index (χ0) is 19.6. The van der Waals surface area contributed by atoms with Crippen LogP contribution in [0.3, 0.4) is 0 Å². The van der Waals surface area contributed by atoms with Gasteiger partial charge in [-0.15, -0.1) is 0 Å². The van der Waals surface area contributed by atoms with Gasteiger partial charge in [-0.3, -0.25) is 4.79 Å². The van der Waals surface area contributed by atoms with Crippen molar-refractivity contribution >= 4 is 5.91 Å². The molecular weight excluding hydrogens is 366 g/mol. The van der Waals surface area contributed by atoms with Gasteiger partial charge in [0, 0.05) is 12.6 Å². The molecule has 2 fully saturated rings. The number of rotatable bonds is 7. The molecule has 0 bridgehead atoms. The van der Waals surface area contributed by atoms with Crippen LogP contribution in [0.2, 0.25) is 0 Å². The summed E-state index contributed by atoms with van der Waals surface area (Å²) in [6, 6.07) is 16.0. The highest BCUT2D eigenvalue weighted by Gasteiger charge is 2.38. The van der Waals surface area contributed by atoms with Gasteiger partial charge in [0.25, 0.3) is 5.91 Å². The van der Waals surface area contributed by atoms with Crippen molar-refractivity contribution in [2.45, 2.75) is 50.8 Å². The second kappa shape index (κ2) is 7.97. The van der Waals surface area contributed by atoms with Gasteiger partial charge >= 0.3 is 0 Å². The van der Waals surface area contributed by atoms with E-state index in [9.17, 15) is 4.79 Å². The molecule has 1 unspecified atom stereocenters. The van der Waals surface area contributed by atoms with Crippen LogP contribution in [0.15, 0.2) is 48.5 Å². The third-order valence-electron chi connectivity index (χ3n) is 6.04. The number of hydrogen-bond donors (Lipinski definition) is 0. The van der Waals surface area contributed by atoms with Crippen molar-refractivity contribution in [2.24, 2.45) is 5.92 Å². The minimum Gasteiger partial charge on any atom is -0.493 e. The maximum atomic E-state index is 13.2. The Morgan fingerprint density at radius 1 is 1.00 bits per heavy atom. The maximum absolute atomic E-state index is 13.2. The van der Waals surface area contributed by atoms with E-state index in [1.165, 1.54) is 19.3 Å². The Bertz CT molecular complexity index is 857. The summed E-state index contributed by atoms with van der Waals surface area (Å²) in [5, 5.41) is 0. The number of amides is 1. The van der Waals surface area contributed by atoms with E-state index >= 15 is 0 Å². The van der Waals surface area contributed by atoms with Crippen LogP contribution in [0.1, 0.15) is 37.7 Å². The molecule has 3 aliphatic rings. The number of carbonyl (C=O) groups excluding carboxylic acids is 1. The summed E-state index contributed by atoms with van der Waals surface area (Å²) >= 11 is 0. The van der Waals surface area contributed by atoms with Gasteiger partial charge in [-0.2, -0.15) is 0 Å². The van der Waals surface area contributed by atoms with Crippen molar-refractivity contribution in [1.82, 2.24) is 4.90 Å². The SMILES string of the molecule is O=C(C1COc2ccccc2O1)N(Cc1ccc(OCC2CCC2)cc1)C1CC1. The fourth-order valence-electron chi connectivity index (χ4n) is 3.86. The molecule has 1 atom stereocenters. The summed E-state index contributed by atoms with van der Waals surface area (Å²) in [4.78, 5) is 15.1. The predicted molar refractivity (Wildman–Crippen MR) is 109 cm³/mol. The lowest BCUT2D eigenvalue weighted by molar-refractivity contribution is -0.142. The average Bonchev–Trinajstić information content (AvgIpc) is 3.56. The van der Waals surface area contributed by atoms with Crippen molar-refractivity contribution in [1.29, 1.82) is 0 Å². The second-order valence-corrected chi connectivity index (χ2v) is 8.31. The Kier molecular flexibility index (Phi) is 5.04. The summed E-state index contributed by atoms with van der Waals surface area (Å²) in [7, 11) is 0. The molecule has 29 heavy (non-hydrogen) atoms. The van der Waals surface area contributed by atoms with Crippen molar-refractivity contribution in [3.05, 3.63) is 54.1 Å². The Morgan fingerprint density at radius 2 is 1.76 bits per heavy atom. The highest BCUT2D eigenvalue weighted by molar-refractivity contribution is 5.82. The van der Waals surface area contributed by atoms with Gasteiger partial charge in [0.1, 0.15) is 12.4 Å².